The van der Waals surface area contributed by atoms with Crippen LogP contribution in [0.4, 0.5) is 4.39 Å². The van der Waals surface area contributed by atoms with Crippen molar-refractivity contribution in [1.29, 1.82) is 5.26 Å². The summed E-state index contributed by atoms with van der Waals surface area (Å²) in [5.41, 5.74) is 0.129. The maximum Gasteiger partial charge on any atom is 0.336 e. The van der Waals surface area contributed by atoms with Crippen molar-refractivity contribution in [2.24, 2.45) is 0 Å². The van der Waals surface area contributed by atoms with E-state index in [0.717, 1.165) is 6.07 Å². The zero-order valence-corrected chi connectivity index (χ0v) is 6.84. The third-order valence-electron chi connectivity index (χ3n) is 1.66. The van der Waals surface area contributed by atoms with E-state index in [-0.39, 0.29) is 11.1 Å². The van der Waals surface area contributed by atoms with Gasteiger partial charge in [0.1, 0.15) is 11.9 Å². The van der Waals surface area contributed by atoms with Gasteiger partial charge in [-0.05, 0) is 24.6 Å². The number of aryl methyl sites for hydroxylation is 1. The minimum absolute atomic E-state index is 0.114. The Hall–Kier alpha value is -1.89. The Bertz CT molecular complexity index is 407. The molecule has 0 aliphatic rings. The molecule has 66 valence electrons. The van der Waals surface area contributed by atoms with Gasteiger partial charge >= 0.3 is 5.97 Å². The molecule has 0 aliphatic heterocycles. The van der Waals surface area contributed by atoms with Gasteiger partial charge in [-0.25, -0.2) is 9.18 Å². The monoisotopic (exact) mass is 179 g/mol. The lowest BCUT2D eigenvalue weighted by atomic mass is 10.1. The molecule has 0 amide bonds. The molecule has 0 fully saturated rings. The highest BCUT2D eigenvalue weighted by molar-refractivity contribution is 5.89. The first-order chi connectivity index (χ1) is 6.06. The molecule has 1 rings (SSSR count). The highest BCUT2D eigenvalue weighted by Gasteiger charge is 2.11. The van der Waals surface area contributed by atoms with E-state index >= 15 is 0 Å². The number of hydrogen-bond donors (Lipinski definition) is 1. The lowest BCUT2D eigenvalue weighted by molar-refractivity contribution is 0.0695. The fourth-order valence-electron chi connectivity index (χ4n) is 0.998. The van der Waals surface area contributed by atoms with E-state index in [1.165, 1.54) is 13.0 Å². The summed E-state index contributed by atoms with van der Waals surface area (Å²) >= 11 is 0. The SMILES string of the molecule is Cc1cc(C#N)c(F)cc1C(=O)O. The van der Waals surface area contributed by atoms with Gasteiger partial charge in [0.25, 0.3) is 0 Å². The number of rotatable bonds is 1. The molecule has 4 heteroatoms. The topological polar surface area (TPSA) is 61.1 Å². The zero-order chi connectivity index (χ0) is 10.0. The molecule has 0 unspecified atom stereocenters. The van der Waals surface area contributed by atoms with E-state index in [4.69, 9.17) is 10.4 Å². The Morgan fingerprint density at radius 1 is 1.62 bits per heavy atom. The first kappa shape index (κ1) is 9.20. The molecule has 13 heavy (non-hydrogen) atoms. The molecule has 0 radical (unpaired) electrons. The van der Waals surface area contributed by atoms with Crippen LogP contribution in [0.3, 0.4) is 0 Å². The van der Waals surface area contributed by atoms with Crippen molar-refractivity contribution < 1.29 is 14.3 Å². The van der Waals surface area contributed by atoms with Crippen molar-refractivity contribution in [2.75, 3.05) is 0 Å². The molecule has 1 aromatic rings. The summed E-state index contributed by atoms with van der Waals surface area (Å²) in [6.45, 7) is 1.52. The average molecular weight is 179 g/mol. The predicted molar refractivity (Wildman–Crippen MR) is 42.8 cm³/mol. The van der Waals surface area contributed by atoms with Gasteiger partial charge in [-0.3, -0.25) is 0 Å². The van der Waals surface area contributed by atoms with E-state index in [9.17, 15) is 9.18 Å². The molecule has 3 nitrogen and oxygen atoms in total. The molecule has 0 saturated heterocycles. The van der Waals surface area contributed by atoms with Gasteiger partial charge in [-0.2, -0.15) is 5.26 Å². The Labute approximate surface area is 74.0 Å². The molecule has 0 bridgehead atoms. The van der Waals surface area contributed by atoms with Crippen molar-refractivity contribution in [3.63, 3.8) is 0 Å². The van der Waals surface area contributed by atoms with Crippen LogP contribution < -0.4 is 0 Å². The van der Waals surface area contributed by atoms with Crippen LogP contribution in [-0.4, -0.2) is 11.1 Å². The molecule has 0 saturated carbocycles. The number of carboxylic acids is 1. The van der Waals surface area contributed by atoms with Gasteiger partial charge in [0.05, 0.1) is 11.1 Å². The van der Waals surface area contributed by atoms with Crippen LogP contribution in [-0.2, 0) is 0 Å². The lowest BCUT2D eigenvalue weighted by Crippen LogP contribution is -2.01. The number of carboxylic acid groups (broad SMARTS) is 1. The van der Waals surface area contributed by atoms with Gasteiger partial charge in [0.15, 0.2) is 0 Å². The number of hydrogen-bond acceptors (Lipinski definition) is 2. The summed E-state index contributed by atoms with van der Waals surface area (Å²) in [6.07, 6.45) is 0. The normalized spacial score (nSPS) is 9.31. The van der Waals surface area contributed by atoms with Crippen LogP contribution in [0.15, 0.2) is 12.1 Å². The fourth-order valence-corrected chi connectivity index (χ4v) is 0.998. The standard InChI is InChI=1S/C9H6FNO2/c1-5-2-6(4-11)8(10)3-7(5)9(12)13/h2-3H,1H3,(H,12,13). The minimum atomic E-state index is -1.19. The summed E-state index contributed by atoms with van der Waals surface area (Å²) in [5.74, 6) is -1.99. The first-order valence-corrected chi connectivity index (χ1v) is 3.50. The maximum atomic E-state index is 12.9. The van der Waals surface area contributed by atoms with Crippen LogP contribution >= 0.6 is 0 Å². The third kappa shape index (κ3) is 1.64. The van der Waals surface area contributed by atoms with Crippen LogP contribution in [0.5, 0.6) is 0 Å². The van der Waals surface area contributed by atoms with Gasteiger partial charge in [0.2, 0.25) is 0 Å². The van der Waals surface area contributed by atoms with Gasteiger partial charge in [0, 0.05) is 0 Å². The third-order valence-corrected chi connectivity index (χ3v) is 1.66. The molecule has 0 aliphatic carbocycles. The molecule has 0 spiro atoms. The predicted octanol–water partition coefficient (Wildman–Crippen LogP) is 1.70. The smallest absolute Gasteiger partial charge is 0.336 e. The van der Waals surface area contributed by atoms with E-state index < -0.39 is 11.8 Å². The Morgan fingerprint density at radius 2 is 2.23 bits per heavy atom. The maximum absolute atomic E-state index is 12.9. The largest absolute Gasteiger partial charge is 0.478 e. The molecule has 0 aromatic heterocycles. The number of halogens is 1. The van der Waals surface area contributed by atoms with Crippen LogP contribution in [0.2, 0.25) is 0 Å². The van der Waals surface area contributed by atoms with E-state index in [0.29, 0.717) is 5.56 Å². The number of nitrogens with zero attached hydrogens (tertiary/aromatic N) is 1. The number of benzene rings is 1. The molecule has 0 atom stereocenters. The fraction of sp³-hybridized carbons (Fsp3) is 0.111. The van der Waals surface area contributed by atoms with Gasteiger partial charge in [-0.15, -0.1) is 0 Å². The number of carbonyl (C=O) groups is 1. The summed E-state index contributed by atoms with van der Waals surface area (Å²) < 4.78 is 12.9. The van der Waals surface area contributed by atoms with Crippen molar-refractivity contribution in [1.82, 2.24) is 0 Å². The average Bonchev–Trinajstić information content (AvgIpc) is 2.07. The summed E-state index contributed by atoms with van der Waals surface area (Å²) in [6, 6.07) is 3.71. The quantitative estimate of drug-likeness (QED) is 0.713. The summed E-state index contributed by atoms with van der Waals surface area (Å²) in [5, 5.41) is 17.0. The Balaban J connectivity index is 3.39. The van der Waals surface area contributed by atoms with Crippen LogP contribution in [0, 0.1) is 24.1 Å². The summed E-state index contributed by atoms with van der Waals surface area (Å²) in [7, 11) is 0. The van der Waals surface area contributed by atoms with E-state index in [2.05, 4.69) is 0 Å². The number of aromatic carboxylic acids is 1. The van der Waals surface area contributed by atoms with Gasteiger partial charge in [-0.1, -0.05) is 0 Å². The van der Waals surface area contributed by atoms with Crippen LogP contribution in [0.1, 0.15) is 21.5 Å². The molecule has 1 aromatic carbocycles. The summed E-state index contributed by atoms with van der Waals surface area (Å²) in [4.78, 5) is 10.5. The van der Waals surface area contributed by atoms with Crippen molar-refractivity contribution in [3.05, 3.63) is 34.6 Å². The van der Waals surface area contributed by atoms with Crippen molar-refractivity contribution in [2.45, 2.75) is 6.92 Å². The molecular weight excluding hydrogens is 173 g/mol. The highest BCUT2D eigenvalue weighted by Crippen LogP contribution is 2.14. The minimum Gasteiger partial charge on any atom is -0.478 e. The van der Waals surface area contributed by atoms with Crippen molar-refractivity contribution in [3.8, 4) is 6.07 Å². The first-order valence-electron chi connectivity index (χ1n) is 3.50. The Kier molecular flexibility index (Phi) is 2.29. The lowest BCUT2D eigenvalue weighted by Gasteiger charge is -2.01. The second kappa shape index (κ2) is 3.23. The Morgan fingerprint density at radius 3 is 2.69 bits per heavy atom. The molecular formula is C9H6FNO2. The van der Waals surface area contributed by atoms with E-state index in [1.54, 1.807) is 6.07 Å². The van der Waals surface area contributed by atoms with Crippen LogP contribution in [0.25, 0.3) is 0 Å². The second-order valence-corrected chi connectivity index (χ2v) is 2.56. The molecule has 1 N–H and O–H groups in total. The second-order valence-electron chi connectivity index (χ2n) is 2.56. The number of nitriles is 1. The highest BCUT2D eigenvalue weighted by atomic mass is 19.1. The van der Waals surface area contributed by atoms with Crippen molar-refractivity contribution >= 4 is 5.97 Å². The zero-order valence-electron chi connectivity index (χ0n) is 6.84. The van der Waals surface area contributed by atoms with Gasteiger partial charge < -0.3 is 5.11 Å². The van der Waals surface area contributed by atoms with E-state index in [1.807, 2.05) is 0 Å². The molecule has 0 heterocycles.